The third kappa shape index (κ3) is 5.63. The molecule has 1 amide bonds. The van der Waals surface area contributed by atoms with Crippen molar-refractivity contribution in [3.63, 3.8) is 0 Å². The highest BCUT2D eigenvalue weighted by molar-refractivity contribution is 9.10. The molecule has 162 valence electrons. The number of amides is 1. The van der Waals surface area contributed by atoms with Gasteiger partial charge in [0.05, 0.1) is 35.0 Å². The lowest BCUT2D eigenvalue weighted by Crippen LogP contribution is -2.19. The van der Waals surface area contributed by atoms with Gasteiger partial charge in [0.2, 0.25) is 0 Å². The van der Waals surface area contributed by atoms with Crippen LogP contribution in [0.2, 0.25) is 5.02 Å². The summed E-state index contributed by atoms with van der Waals surface area (Å²) in [4.78, 5) is 12.1. The molecule has 0 aliphatic heterocycles. The zero-order valence-electron chi connectivity index (χ0n) is 16.7. The maximum atomic E-state index is 13.9. The lowest BCUT2D eigenvalue weighted by Gasteiger charge is -2.14. The van der Waals surface area contributed by atoms with Gasteiger partial charge >= 0.3 is 0 Å². The second-order valence-corrected chi connectivity index (χ2v) is 7.68. The van der Waals surface area contributed by atoms with Gasteiger partial charge in [0.15, 0.2) is 11.5 Å². The van der Waals surface area contributed by atoms with Crippen LogP contribution in [-0.4, -0.2) is 19.2 Å². The number of hydrogen-bond donors (Lipinski definition) is 1. The molecular formula is C23H16BrClFN3O3. The Bertz CT molecular complexity index is 1230. The van der Waals surface area contributed by atoms with Crippen LogP contribution in [0.5, 0.6) is 11.5 Å². The highest BCUT2D eigenvalue weighted by atomic mass is 79.9. The van der Waals surface area contributed by atoms with E-state index in [0.717, 1.165) is 11.6 Å². The summed E-state index contributed by atoms with van der Waals surface area (Å²) in [6.45, 7) is 0.244. The molecule has 0 atom stereocenters. The Balaban J connectivity index is 1.71. The van der Waals surface area contributed by atoms with E-state index in [1.807, 2.05) is 18.2 Å². The van der Waals surface area contributed by atoms with Crippen LogP contribution in [0.15, 0.2) is 64.2 Å². The monoisotopic (exact) mass is 515 g/mol. The first-order valence-corrected chi connectivity index (χ1v) is 10.4. The zero-order chi connectivity index (χ0) is 23.1. The number of nitrogens with zero attached hydrogens (tertiary/aromatic N) is 2. The Morgan fingerprint density at radius 3 is 2.75 bits per heavy atom. The SMILES string of the molecule is COc1cc(/C=N/NC(=O)c2ccc(C#N)cc2F)cc(Br)c1OCc1ccccc1Cl. The van der Waals surface area contributed by atoms with Crippen molar-refractivity contribution in [2.75, 3.05) is 7.11 Å². The number of methoxy groups -OCH3 is 1. The van der Waals surface area contributed by atoms with Crippen LogP contribution in [0.1, 0.15) is 27.0 Å². The maximum Gasteiger partial charge on any atom is 0.274 e. The first kappa shape index (κ1) is 23.3. The molecule has 9 heteroatoms. The highest BCUT2D eigenvalue weighted by Gasteiger charge is 2.14. The smallest absolute Gasteiger partial charge is 0.274 e. The van der Waals surface area contributed by atoms with E-state index in [4.69, 9.17) is 26.3 Å². The van der Waals surface area contributed by atoms with Crippen LogP contribution >= 0.6 is 27.5 Å². The molecule has 0 saturated heterocycles. The fourth-order valence-electron chi connectivity index (χ4n) is 2.71. The van der Waals surface area contributed by atoms with Crippen molar-refractivity contribution in [3.05, 3.63) is 92.2 Å². The standard InChI is InChI=1S/C23H16BrClFN3O3/c1-31-21-10-15(8-18(24)22(21)32-13-16-4-2-3-5-19(16)25)12-28-29-23(30)17-7-6-14(11-27)9-20(17)26/h2-10,12H,13H2,1H3,(H,29,30)/b28-12+. The molecule has 0 aliphatic rings. The van der Waals surface area contributed by atoms with Gasteiger partial charge in [0, 0.05) is 10.6 Å². The van der Waals surface area contributed by atoms with Crippen molar-refractivity contribution in [1.82, 2.24) is 5.43 Å². The Labute approximate surface area is 197 Å². The molecule has 0 fully saturated rings. The van der Waals surface area contributed by atoms with Crippen molar-refractivity contribution in [1.29, 1.82) is 5.26 Å². The molecule has 0 unspecified atom stereocenters. The van der Waals surface area contributed by atoms with E-state index in [0.29, 0.717) is 26.6 Å². The van der Waals surface area contributed by atoms with Crippen molar-refractivity contribution in [2.45, 2.75) is 6.61 Å². The van der Waals surface area contributed by atoms with Crippen LogP contribution in [0, 0.1) is 17.1 Å². The first-order valence-electron chi connectivity index (χ1n) is 9.19. The Morgan fingerprint density at radius 2 is 2.06 bits per heavy atom. The van der Waals surface area contributed by atoms with E-state index in [1.165, 1.54) is 25.5 Å². The summed E-state index contributed by atoms with van der Waals surface area (Å²) >= 11 is 9.62. The lowest BCUT2D eigenvalue weighted by atomic mass is 10.1. The molecular weight excluding hydrogens is 501 g/mol. The third-order valence-electron chi connectivity index (χ3n) is 4.30. The lowest BCUT2D eigenvalue weighted by molar-refractivity contribution is 0.0951. The number of benzene rings is 3. The summed E-state index contributed by atoms with van der Waals surface area (Å²) in [6, 6.07) is 16.1. The predicted molar refractivity (Wildman–Crippen MR) is 123 cm³/mol. The number of nitriles is 1. The number of carbonyl (C=O) groups excluding carboxylic acids is 1. The first-order chi connectivity index (χ1) is 15.4. The van der Waals surface area contributed by atoms with Crippen LogP contribution in [-0.2, 0) is 6.61 Å². The molecule has 0 aliphatic carbocycles. The average Bonchev–Trinajstić information content (AvgIpc) is 2.78. The van der Waals surface area contributed by atoms with E-state index < -0.39 is 11.7 Å². The van der Waals surface area contributed by atoms with Gasteiger partial charge in [-0.2, -0.15) is 10.4 Å². The van der Waals surface area contributed by atoms with Crippen molar-refractivity contribution in [3.8, 4) is 17.6 Å². The summed E-state index contributed by atoms with van der Waals surface area (Å²) in [5.74, 6) is -0.624. The Hall–Kier alpha value is -3.41. The largest absolute Gasteiger partial charge is 0.493 e. The summed E-state index contributed by atoms with van der Waals surface area (Å²) in [6.07, 6.45) is 1.38. The minimum atomic E-state index is -0.804. The Morgan fingerprint density at radius 1 is 1.28 bits per heavy atom. The van der Waals surface area contributed by atoms with Gasteiger partial charge in [-0.25, -0.2) is 9.82 Å². The van der Waals surface area contributed by atoms with Crippen LogP contribution in [0.3, 0.4) is 0 Å². The maximum absolute atomic E-state index is 13.9. The number of ether oxygens (including phenoxy) is 2. The summed E-state index contributed by atoms with van der Waals surface area (Å²) in [5, 5.41) is 13.2. The summed E-state index contributed by atoms with van der Waals surface area (Å²) in [5.41, 5.74) is 3.58. The molecule has 3 aromatic carbocycles. The van der Waals surface area contributed by atoms with Crippen molar-refractivity contribution in [2.24, 2.45) is 5.10 Å². The molecule has 0 aromatic heterocycles. The normalized spacial score (nSPS) is 10.6. The molecule has 0 spiro atoms. The second-order valence-electron chi connectivity index (χ2n) is 6.42. The summed E-state index contributed by atoms with van der Waals surface area (Å²) in [7, 11) is 1.50. The van der Waals surface area contributed by atoms with Gasteiger partial charge in [0.25, 0.3) is 5.91 Å². The number of hydrazone groups is 1. The number of carbonyl (C=O) groups is 1. The van der Waals surface area contributed by atoms with Gasteiger partial charge in [-0.15, -0.1) is 0 Å². The van der Waals surface area contributed by atoms with Crippen LogP contribution < -0.4 is 14.9 Å². The molecule has 0 radical (unpaired) electrons. The minimum absolute atomic E-state index is 0.122. The molecule has 0 saturated carbocycles. The van der Waals surface area contributed by atoms with E-state index in [1.54, 1.807) is 24.3 Å². The van der Waals surface area contributed by atoms with Gasteiger partial charge in [-0.3, -0.25) is 4.79 Å². The fourth-order valence-corrected chi connectivity index (χ4v) is 3.48. The van der Waals surface area contributed by atoms with Crippen LogP contribution in [0.25, 0.3) is 0 Å². The third-order valence-corrected chi connectivity index (χ3v) is 5.26. The second kappa shape index (κ2) is 10.8. The van der Waals surface area contributed by atoms with Gasteiger partial charge in [0.1, 0.15) is 12.4 Å². The molecule has 32 heavy (non-hydrogen) atoms. The Kier molecular flexibility index (Phi) is 7.82. The number of halogens is 3. The molecule has 0 heterocycles. The average molecular weight is 517 g/mol. The fraction of sp³-hybridized carbons (Fsp3) is 0.0870. The zero-order valence-corrected chi connectivity index (χ0v) is 19.1. The van der Waals surface area contributed by atoms with Crippen molar-refractivity contribution >= 4 is 39.7 Å². The predicted octanol–water partition coefficient (Wildman–Crippen LogP) is 5.46. The van der Waals surface area contributed by atoms with E-state index in [9.17, 15) is 9.18 Å². The molecule has 1 N–H and O–H groups in total. The molecule has 0 bridgehead atoms. The quantitative estimate of drug-likeness (QED) is 0.334. The number of hydrogen-bond acceptors (Lipinski definition) is 5. The van der Waals surface area contributed by atoms with Crippen molar-refractivity contribution < 1.29 is 18.7 Å². The van der Waals surface area contributed by atoms with Gasteiger partial charge in [-0.05, 0) is 57.9 Å². The number of nitrogens with one attached hydrogen (secondary N) is 1. The number of rotatable bonds is 7. The minimum Gasteiger partial charge on any atom is -0.493 e. The van der Waals surface area contributed by atoms with Gasteiger partial charge in [-0.1, -0.05) is 29.8 Å². The molecule has 6 nitrogen and oxygen atoms in total. The molecule has 3 aromatic rings. The van der Waals surface area contributed by atoms with E-state index in [2.05, 4.69) is 26.5 Å². The topological polar surface area (TPSA) is 83.7 Å². The highest BCUT2D eigenvalue weighted by Crippen LogP contribution is 2.37. The van der Waals surface area contributed by atoms with E-state index in [-0.39, 0.29) is 17.7 Å². The van der Waals surface area contributed by atoms with Crippen LogP contribution in [0.4, 0.5) is 4.39 Å². The van der Waals surface area contributed by atoms with E-state index >= 15 is 0 Å². The van der Waals surface area contributed by atoms with Gasteiger partial charge < -0.3 is 9.47 Å². The molecule has 3 rings (SSSR count). The summed E-state index contributed by atoms with van der Waals surface area (Å²) < 4.78 is 25.8.